The lowest BCUT2D eigenvalue weighted by molar-refractivity contribution is -0.144. The highest BCUT2D eigenvalue weighted by Gasteiger charge is 2.60. The molecule has 7 nitrogen and oxygen atoms in total. The number of allylic oxidation sites excluding steroid dienone is 2. The Balaban J connectivity index is 1.44. The molecule has 5 unspecified atom stereocenters. The predicted molar refractivity (Wildman–Crippen MR) is 108 cm³/mol. The highest BCUT2D eigenvalue weighted by molar-refractivity contribution is 6.07. The molecule has 2 N–H and O–H groups in total. The zero-order valence-electron chi connectivity index (χ0n) is 16.1. The van der Waals surface area contributed by atoms with Gasteiger partial charge in [-0.3, -0.25) is 19.3 Å². The lowest BCUT2D eigenvalue weighted by Crippen LogP contribution is -2.38. The summed E-state index contributed by atoms with van der Waals surface area (Å²) in [6.07, 6.45) is 6.31. The van der Waals surface area contributed by atoms with Crippen molar-refractivity contribution in [3.05, 3.63) is 66.4 Å². The van der Waals surface area contributed by atoms with Crippen LogP contribution in [-0.2, 0) is 14.4 Å². The van der Waals surface area contributed by atoms with Crippen molar-refractivity contribution in [2.75, 3.05) is 5.32 Å². The number of pyridine rings is 1. The molecular weight excluding hydrogens is 382 g/mol. The summed E-state index contributed by atoms with van der Waals surface area (Å²) in [5.41, 5.74) is 0.722. The Hall–Kier alpha value is -3.48. The number of imide groups is 1. The Labute approximate surface area is 173 Å². The molecule has 0 spiro atoms. The first kappa shape index (κ1) is 18.5. The molecule has 30 heavy (non-hydrogen) atoms. The minimum absolute atomic E-state index is 0.0486. The standard InChI is InChI=1S/C23H21N3O4/c27-17-7-4-10-24-21(17)25-18(28)12-16(13-5-2-1-3-6-13)26-22(29)19-14-8-9-15(11-14)20(19)23(26)30/h1-10,14-16,19-20,27H,11-12H2,(H,24,25,28). The fourth-order valence-corrected chi connectivity index (χ4v) is 5.12. The quantitative estimate of drug-likeness (QED) is 0.591. The van der Waals surface area contributed by atoms with Crippen molar-refractivity contribution in [3.63, 3.8) is 0 Å². The van der Waals surface area contributed by atoms with Gasteiger partial charge >= 0.3 is 0 Å². The van der Waals surface area contributed by atoms with Crippen LogP contribution in [0.4, 0.5) is 5.82 Å². The number of rotatable bonds is 5. The van der Waals surface area contributed by atoms with Crippen LogP contribution in [0.3, 0.4) is 0 Å². The number of anilines is 1. The van der Waals surface area contributed by atoms with E-state index in [1.165, 1.54) is 17.2 Å². The van der Waals surface area contributed by atoms with Gasteiger partial charge in [0.25, 0.3) is 0 Å². The van der Waals surface area contributed by atoms with E-state index in [-0.39, 0.29) is 53.5 Å². The Morgan fingerprint density at radius 3 is 2.37 bits per heavy atom. The van der Waals surface area contributed by atoms with Crippen LogP contribution >= 0.6 is 0 Å². The molecule has 2 aromatic rings. The molecule has 1 aromatic carbocycles. The number of nitrogens with zero attached hydrogens (tertiary/aromatic N) is 2. The number of aromatic nitrogens is 1. The molecule has 1 aromatic heterocycles. The maximum Gasteiger partial charge on any atom is 0.234 e. The molecular formula is C23H21N3O4. The summed E-state index contributed by atoms with van der Waals surface area (Å²) < 4.78 is 0. The number of carbonyl (C=O) groups excluding carboxylic acids is 3. The Bertz CT molecular complexity index is 1020. The van der Waals surface area contributed by atoms with E-state index >= 15 is 0 Å². The SMILES string of the molecule is O=C(CC(c1ccccc1)N1C(=O)C2C3C=CC(C3)C2C1=O)Nc1ncccc1O. The summed E-state index contributed by atoms with van der Waals surface area (Å²) >= 11 is 0. The minimum atomic E-state index is -0.706. The number of benzene rings is 1. The number of hydrogen-bond donors (Lipinski definition) is 2. The van der Waals surface area contributed by atoms with Gasteiger partial charge in [-0.05, 0) is 36.0 Å². The van der Waals surface area contributed by atoms with Crippen molar-refractivity contribution in [2.24, 2.45) is 23.7 Å². The van der Waals surface area contributed by atoms with Crippen LogP contribution in [0.1, 0.15) is 24.4 Å². The molecule has 2 bridgehead atoms. The minimum Gasteiger partial charge on any atom is -0.504 e. The van der Waals surface area contributed by atoms with Gasteiger partial charge in [-0.1, -0.05) is 42.5 Å². The predicted octanol–water partition coefficient (Wildman–Crippen LogP) is 2.66. The number of hydrogen-bond acceptors (Lipinski definition) is 5. The summed E-state index contributed by atoms with van der Waals surface area (Å²) in [6.45, 7) is 0. The fraction of sp³-hybridized carbons (Fsp3) is 0.304. The van der Waals surface area contributed by atoms with E-state index in [1.807, 2.05) is 30.3 Å². The van der Waals surface area contributed by atoms with Crippen molar-refractivity contribution >= 4 is 23.5 Å². The van der Waals surface area contributed by atoms with Crippen LogP contribution in [0.25, 0.3) is 0 Å². The Kier molecular flexibility index (Phi) is 4.38. The topological polar surface area (TPSA) is 99.6 Å². The Morgan fingerprint density at radius 2 is 1.73 bits per heavy atom. The van der Waals surface area contributed by atoms with Crippen LogP contribution in [0.15, 0.2) is 60.8 Å². The summed E-state index contributed by atoms with van der Waals surface area (Å²) in [5, 5.41) is 12.5. The molecule has 1 saturated carbocycles. The average Bonchev–Trinajstić information content (AvgIpc) is 3.43. The van der Waals surface area contributed by atoms with Gasteiger partial charge in [-0.25, -0.2) is 4.98 Å². The van der Waals surface area contributed by atoms with Gasteiger partial charge in [-0.2, -0.15) is 0 Å². The molecule has 5 atom stereocenters. The molecule has 152 valence electrons. The average molecular weight is 403 g/mol. The molecule has 2 aliphatic carbocycles. The second-order valence-electron chi connectivity index (χ2n) is 8.10. The van der Waals surface area contributed by atoms with Crippen LogP contribution in [0.2, 0.25) is 0 Å². The van der Waals surface area contributed by atoms with Crippen LogP contribution in [0.5, 0.6) is 5.75 Å². The normalized spacial score (nSPS) is 27.4. The van der Waals surface area contributed by atoms with Crippen molar-refractivity contribution < 1.29 is 19.5 Å². The number of nitrogens with one attached hydrogen (secondary N) is 1. The van der Waals surface area contributed by atoms with E-state index in [0.29, 0.717) is 0 Å². The molecule has 2 heterocycles. The third-order valence-corrected chi connectivity index (χ3v) is 6.42. The van der Waals surface area contributed by atoms with Gasteiger partial charge in [0.2, 0.25) is 17.7 Å². The highest BCUT2D eigenvalue weighted by atomic mass is 16.3. The summed E-state index contributed by atoms with van der Waals surface area (Å²) in [5.74, 6) is -1.33. The van der Waals surface area contributed by atoms with Crippen molar-refractivity contribution in [1.29, 1.82) is 0 Å². The zero-order valence-corrected chi connectivity index (χ0v) is 16.1. The number of carbonyl (C=O) groups is 3. The molecule has 2 fully saturated rings. The molecule has 3 amide bonds. The molecule has 3 aliphatic rings. The fourth-order valence-electron chi connectivity index (χ4n) is 5.12. The van der Waals surface area contributed by atoms with Crippen molar-refractivity contribution in [1.82, 2.24) is 9.88 Å². The number of likely N-dealkylation sites (tertiary alicyclic amines) is 1. The van der Waals surface area contributed by atoms with Gasteiger partial charge in [0, 0.05) is 6.20 Å². The van der Waals surface area contributed by atoms with E-state index in [1.54, 1.807) is 6.07 Å². The van der Waals surface area contributed by atoms with Gasteiger partial charge < -0.3 is 10.4 Å². The third kappa shape index (κ3) is 2.89. The second-order valence-corrected chi connectivity index (χ2v) is 8.10. The smallest absolute Gasteiger partial charge is 0.234 e. The van der Waals surface area contributed by atoms with Crippen LogP contribution in [-0.4, -0.2) is 32.7 Å². The lowest BCUT2D eigenvalue weighted by Gasteiger charge is -2.28. The summed E-state index contributed by atoms with van der Waals surface area (Å²) in [4.78, 5) is 44.6. The molecule has 1 saturated heterocycles. The van der Waals surface area contributed by atoms with Gasteiger partial charge in [0.15, 0.2) is 11.6 Å². The van der Waals surface area contributed by atoms with E-state index in [4.69, 9.17) is 0 Å². The molecule has 1 aliphatic heterocycles. The van der Waals surface area contributed by atoms with E-state index < -0.39 is 11.9 Å². The molecule has 5 rings (SSSR count). The first-order valence-corrected chi connectivity index (χ1v) is 10.1. The van der Waals surface area contributed by atoms with Crippen molar-refractivity contribution in [3.8, 4) is 5.75 Å². The second kappa shape index (κ2) is 7.09. The van der Waals surface area contributed by atoms with Gasteiger partial charge in [0.05, 0.1) is 24.3 Å². The van der Waals surface area contributed by atoms with E-state index in [0.717, 1.165) is 12.0 Å². The van der Waals surface area contributed by atoms with E-state index in [9.17, 15) is 19.5 Å². The summed E-state index contributed by atoms with van der Waals surface area (Å²) in [6, 6.07) is 11.4. The lowest BCUT2D eigenvalue weighted by atomic mass is 9.85. The maximum absolute atomic E-state index is 13.3. The monoisotopic (exact) mass is 403 g/mol. The van der Waals surface area contributed by atoms with Crippen molar-refractivity contribution in [2.45, 2.75) is 18.9 Å². The van der Waals surface area contributed by atoms with Crippen LogP contribution < -0.4 is 5.32 Å². The first-order chi connectivity index (χ1) is 14.5. The first-order valence-electron chi connectivity index (χ1n) is 10.1. The van der Waals surface area contributed by atoms with Gasteiger partial charge in [-0.15, -0.1) is 0 Å². The third-order valence-electron chi connectivity index (χ3n) is 6.42. The molecule has 0 radical (unpaired) electrons. The Morgan fingerprint density at radius 1 is 1.07 bits per heavy atom. The number of aromatic hydroxyl groups is 1. The van der Waals surface area contributed by atoms with Crippen LogP contribution in [0, 0.1) is 23.7 Å². The zero-order chi connectivity index (χ0) is 20.8. The number of fused-ring (bicyclic) bond motifs is 5. The summed E-state index contributed by atoms with van der Waals surface area (Å²) in [7, 11) is 0. The van der Waals surface area contributed by atoms with E-state index in [2.05, 4.69) is 22.5 Å². The van der Waals surface area contributed by atoms with Gasteiger partial charge in [0.1, 0.15) is 0 Å². The maximum atomic E-state index is 13.3. The number of amides is 3. The molecule has 7 heteroatoms. The largest absolute Gasteiger partial charge is 0.504 e. The highest BCUT2D eigenvalue weighted by Crippen LogP contribution is 2.54.